The number of halogens is 1. The van der Waals surface area contributed by atoms with Gasteiger partial charge >= 0.3 is 0 Å². The highest BCUT2D eigenvalue weighted by Crippen LogP contribution is 2.33. The van der Waals surface area contributed by atoms with Crippen molar-refractivity contribution in [3.63, 3.8) is 0 Å². The number of carbonyl (C=O) groups is 1. The second kappa shape index (κ2) is 8.73. The van der Waals surface area contributed by atoms with Crippen molar-refractivity contribution in [2.24, 2.45) is 0 Å². The zero-order valence-corrected chi connectivity index (χ0v) is 18.5. The van der Waals surface area contributed by atoms with Gasteiger partial charge < -0.3 is 24.3 Å². The SMILES string of the molecule is C[C@@H]1COCCN1c1nc2c(C(=O)NC3CC4CCCC(C3)N4C)cccc2o1.Cl. The summed E-state index contributed by atoms with van der Waals surface area (Å²) in [4.78, 5) is 22.5. The number of fused-ring (bicyclic) bond motifs is 3. The summed E-state index contributed by atoms with van der Waals surface area (Å²) < 4.78 is 11.5. The maximum Gasteiger partial charge on any atom is 0.298 e. The molecule has 7 nitrogen and oxygen atoms in total. The van der Waals surface area contributed by atoms with E-state index in [9.17, 15) is 4.79 Å². The van der Waals surface area contributed by atoms with E-state index in [1.807, 2.05) is 18.2 Å². The van der Waals surface area contributed by atoms with Gasteiger partial charge in [0, 0.05) is 24.7 Å². The fourth-order valence-corrected chi connectivity index (χ4v) is 5.25. The van der Waals surface area contributed by atoms with Gasteiger partial charge in [-0.25, -0.2) is 0 Å². The van der Waals surface area contributed by atoms with Crippen molar-refractivity contribution in [3.8, 4) is 0 Å². The molecule has 1 aromatic heterocycles. The smallest absolute Gasteiger partial charge is 0.298 e. The third-order valence-electron chi connectivity index (χ3n) is 6.94. The first kappa shape index (κ1) is 21.4. The average Bonchev–Trinajstić information content (AvgIpc) is 3.13. The van der Waals surface area contributed by atoms with E-state index in [4.69, 9.17) is 14.1 Å². The van der Waals surface area contributed by atoms with Crippen LogP contribution in [-0.2, 0) is 4.74 Å². The largest absolute Gasteiger partial charge is 0.423 e. The number of morpholine rings is 1. The molecule has 3 fully saturated rings. The molecular weight excluding hydrogens is 404 g/mol. The van der Waals surface area contributed by atoms with Crippen molar-refractivity contribution in [1.82, 2.24) is 15.2 Å². The van der Waals surface area contributed by atoms with Gasteiger partial charge in [0.2, 0.25) is 0 Å². The number of piperidine rings is 2. The fourth-order valence-electron chi connectivity index (χ4n) is 5.25. The Labute approximate surface area is 183 Å². The minimum absolute atomic E-state index is 0. The predicted molar refractivity (Wildman–Crippen MR) is 119 cm³/mol. The van der Waals surface area contributed by atoms with Crippen LogP contribution in [0.4, 0.5) is 6.01 Å². The Kier molecular flexibility index (Phi) is 6.23. The lowest BCUT2D eigenvalue weighted by Crippen LogP contribution is -2.55. The number of carbonyl (C=O) groups excluding carboxylic acids is 1. The van der Waals surface area contributed by atoms with Crippen LogP contribution in [-0.4, -0.2) is 66.8 Å². The van der Waals surface area contributed by atoms with Crippen molar-refractivity contribution < 1.29 is 13.9 Å². The van der Waals surface area contributed by atoms with Crippen LogP contribution < -0.4 is 10.2 Å². The Morgan fingerprint density at radius 3 is 2.73 bits per heavy atom. The molecule has 8 heteroatoms. The van der Waals surface area contributed by atoms with E-state index in [1.54, 1.807) is 0 Å². The number of para-hydroxylation sites is 1. The molecule has 0 saturated carbocycles. The molecule has 164 valence electrons. The molecule has 1 amide bonds. The summed E-state index contributed by atoms with van der Waals surface area (Å²) in [6, 6.07) is 7.79. The maximum absolute atomic E-state index is 13.1. The van der Waals surface area contributed by atoms with Crippen LogP contribution in [0.15, 0.2) is 22.6 Å². The molecule has 5 rings (SSSR count). The number of benzene rings is 1. The zero-order valence-electron chi connectivity index (χ0n) is 17.7. The Hall–Kier alpha value is -1.83. The molecule has 2 aromatic rings. The van der Waals surface area contributed by atoms with Gasteiger partial charge in [0.15, 0.2) is 5.58 Å². The first-order valence-corrected chi connectivity index (χ1v) is 10.9. The topological polar surface area (TPSA) is 70.8 Å². The number of amides is 1. The first-order chi connectivity index (χ1) is 14.1. The molecule has 0 spiro atoms. The number of oxazole rings is 1. The minimum Gasteiger partial charge on any atom is -0.423 e. The van der Waals surface area contributed by atoms with Crippen LogP contribution in [0.3, 0.4) is 0 Å². The molecule has 0 radical (unpaired) electrons. The predicted octanol–water partition coefficient (Wildman–Crippen LogP) is 3.22. The lowest BCUT2D eigenvalue weighted by molar-refractivity contribution is 0.0463. The van der Waals surface area contributed by atoms with Gasteiger partial charge in [-0.1, -0.05) is 12.5 Å². The van der Waals surface area contributed by atoms with Crippen molar-refractivity contribution in [1.29, 1.82) is 0 Å². The Morgan fingerprint density at radius 2 is 2.00 bits per heavy atom. The fraction of sp³-hybridized carbons (Fsp3) is 0.636. The summed E-state index contributed by atoms with van der Waals surface area (Å²) in [6.07, 6.45) is 5.84. The Bertz CT molecular complexity index is 890. The highest BCUT2D eigenvalue weighted by Gasteiger charge is 2.36. The number of hydrogen-bond acceptors (Lipinski definition) is 6. The number of ether oxygens (including phenoxy) is 1. The molecule has 1 aromatic carbocycles. The Balaban J connectivity index is 0.00000218. The molecule has 30 heavy (non-hydrogen) atoms. The van der Waals surface area contributed by atoms with Crippen LogP contribution in [0.1, 0.15) is 49.4 Å². The molecular formula is C22H31ClN4O3. The van der Waals surface area contributed by atoms with Crippen LogP contribution >= 0.6 is 12.4 Å². The number of anilines is 1. The monoisotopic (exact) mass is 434 g/mol. The average molecular weight is 435 g/mol. The van der Waals surface area contributed by atoms with Gasteiger partial charge in [0.05, 0.1) is 24.8 Å². The number of nitrogens with one attached hydrogen (secondary N) is 1. The summed E-state index contributed by atoms with van der Waals surface area (Å²) in [7, 11) is 2.23. The molecule has 1 N–H and O–H groups in total. The quantitative estimate of drug-likeness (QED) is 0.799. The summed E-state index contributed by atoms with van der Waals surface area (Å²) in [5.41, 5.74) is 1.90. The van der Waals surface area contributed by atoms with Crippen molar-refractivity contribution >= 4 is 35.4 Å². The van der Waals surface area contributed by atoms with E-state index < -0.39 is 0 Å². The first-order valence-electron chi connectivity index (χ1n) is 10.9. The summed E-state index contributed by atoms with van der Waals surface area (Å²) >= 11 is 0. The van der Waals surface area contributed by atoms with E-state index in [0.29, 0.717) is 48.0 Å². The second-order valence-corrected chi connectivity index (χ2v) is 8.81. The van der Waals surface area contributed by atoms with Crippen LogP contribution in [0.25, 0.3) is 11.1 Å². The lowest BCUT2D eigenvalue weighted by atomic mass is 9.82. The van der Waals surface area contributed by atoms with Gasteiger partial charge in [-0.05, 0) is 51.8 Å². The summed E-state index contributed by atoms with van der Waals surface area (Å²) in [5.74, 6) is -0.0434. The van der Waals surface area contributed by atoms with E-state index in [0.717, 1.165) is 19.4 Å². The van der Waals surface area contributed by atoms with Gasteiger partial charge in [-0.3, -0.25) is 4.79 Å². The van der Waals surface area contributed by atoms with Gasteiger partial charge in [-0.2, -0.15) is 4.98 Å². The number of nitrogens with zero attached hydrogens (tertiary/aromatic N) is 3. The zero-order chi connectivity index (χ0) is 20.0. The van der Waals surface area contributed by atoms with Gasteiger partial charge in [0.1, 0.15) is 5.52 Å². The third kappa shape index (κ3) is 3.90. The minimum atomic E-state index is -0.0434. The standard InChI is InChI=1S/C22H30N4O3.ClH/c1-14-13-28-10-9-26(14)22-24-20-18(7-4-8-19(20)29-22)21(27)23-15-11-16-5-3-6-17(12-15)25(16)2;/h4,7-8,14-17H,3,5-6,9-13H2,1-2H3,(H,23,27);1H/t14-,15?,16?,17?;/m1./s1. The lowest BCUT2D eigenvalue weighted by Gasteiger charge is -2.47. The number of aromatic nitrogens is 1. The molecule has 2 bridgehead atoms. The van der Waals surface area contributed by atoms with E-state index >= 15 is 0 Å². The molecule has 3 aliphatic heterocycles. The Morgan fingerprint density at radius 1 is 1.23 bits per heavy atom. The van der Waals surface area contributed by atoms with Crippen LogP contribution in [0.2, 0.25) is 0 Å². The van der Waals surface area contributed by atoms with Crippen LogP contribution in [0, 0.1) is 0 Å². The molecule has 3 saturated heterocycles. The highest BCUT2D eigenvalue weighted by atomic mass is 35.5. The number of hydrogen-bond donors (Lipinski definition) is 1. The normalized spacial score (nSPS) is 29.5. The van der Waals surface area contributed by atoms with Gasteiger partial charge in [0.25, 0.3) is 11.9 Å². The van der Waals surface area contributed by atoms with E-state index in [-0.39, 0.29) is 30.4 Å². The molecule has 3 aliphatic rings. The van der Waals surface area contributed by atoms with Crippen molar-refractivity contribution in [3.05, 3.63) is 23.8 Å². The van der Waals surface area contributed by atoms with Gasteiger partial charge in [-0.15, -0.1) is 12.4 Å². The van der Waals surface area contributed by atoms with Crippen molar-refractivity contribution in [2.45, 2.75) is 63.2 Å². The third-order valence-corrected chi connectivity index (χ3v) is 6.94. The van der Waals surface area contributed by atoms with E-state index in [1.165, 1.54) is 19.3 Å². The molecule has 3 atom stereocenters. The maximum atomic E-state index is 13.1. The van der Waals surface area contributed by atoms with E-state index in [2.05, 4.69) is 29.1 Å². The van der Waals surface area contributed by atoms with Crippen molar-refractivity contribution in [2.75, 3.05) is 31.7 Å². The second-order valence-electron chi connectivity index (χ2n) is 8.81. The highest BCUT2D eigenvalue weighted by molar-refractivity contribution is 6.04. The van der Waals surface area contributed by atoms with Crippen LogP contribution in [0.5, 0.6) is 0 Å². The summed E-state index contributed by atoms with van der Waals surface area (Å²) in [5, 5.41) is 3.29. The number of rotatable bonds is 3. The summed E-state index contributed by atoms with van der Waals surface area (Å²) in [6.45, 7) is 4.16. The molecule has 2 unspecified atom stereocenters. The molecule has 4 heterocycles. The molecule has 0 aliphatic carbocycles.